The molecular formula is C14H10FNO2S. The Balaban J connectivity index is 2.16. The third-order valence-electron chi connectivity index (χ3n) is 2.28. The Morgan fingerprint density at radius 3 is 2.74 bits per heavy atom. The lowest BCUT2D eigenvalue weighted by Crippen LogP contribution is -2.11. The topological polar surface area (TPSA) is 49.3 Å². The van der Waals surface area contributed by atoms with Crippen LogP contribution < -0.4 is 5.32 Å². The summed E-state index contributed by atoms with van der Waals surface area (Å²) in [7, 11) is 0. The molecule has 3 nitrogen and oxygen atoms in total. The molecule has 0 unspecified atom stereocenters. The number of hydrogen-bond acceptors (Lipinski definition) is 3. The van der Waals surface area contributed by atoms with Gasteiger partial charge in [-0.3, -0.25) is 4.79 Å². The minimum atomic E-state index is -0.358. The number of halogens is 1. The van der Waals surface area contributed by atoms with Gasteiger partial charge < -0.3 is 10.4 Å². The fraction of sp³-hybridized carbons (Fsp3) is 0.0714. The average molecular weight is 275 g/mol. The lowest BCUT2D eigenvalue weighted by molar-refractivity contribution is 0.103. The third-order valence-corrected chi connectivity index (χ3v) is 3.19. The molecule has 2 N–H and O–H groups in total. The highest BCUT2D eigenvalue weighted by atomic mass is 32.1. The molecule has 19 heavy (non-hydrogen) atoms. The van der Waals surface area contributed by atoms with Gasteiger partial charge in [-0.2, -0.15) is 0 Å². The van der Waals surface area contributed by atoms with Gasteiger partial charge in [0.1, 0.15) is 17.3 Å². The molecule has 0 bridgehead atoms. The number of hydrogen-bond donors (Lipinski definition) is 2. The maximum atomic E-state index is 12.7. The van der Waals surface area contributed by atoms with Crippen LogP contribution in [0.15, 0.2) is 35.7 Å². The van der Waals surface area contributed by atoms with E-state index in [0.717, 1.165) is 0 Å². The Kier molecular flexibility index (Phi) is 4.29. The van der Waals surface area contributed by atoms with Gasteiger partial charge in [-0.1, -0.05) is 11.8 Å². The zero-order valence-corrected chi connectivity index (χ0v) is 10.6. The summed E-state index contributed by atoms with van der Waals surface area (Å²) in [5.74, 6) is 4.55. The Morgan fingerprint density at radius 1 is 1.32 bits per heavy atom. The van der Waals surface area contributed by atoms with Gasteiger partial charge in [0, 0.05) is 11.3 Å². The second kappa shape index (κ2) is 6.14. The Morgan fingerprint density at radius 2 is 2.05 bits per heavy atom. The van der Waals surface area contributed by atoms with Gasteiger partial charge in [-0.15, -0.1) is 11.3 Å². The summed E-state index contributed by atoms with van der Waals surface area (Å²) < 4.78 is 12.7. The summed E-state index contributed by atoms with van der Waals surface area (Å²) in [5, 5.41) is 13.1. The number of aliphatic hydroxyl groups excluding tert-OH is 1. The fourth-order valence-corrected chi connectivity index (χ4v) is 2.18. The molecule has 0 saturated heterocycles. The molecule has 0 radical (unpaired) electrons. The van der Waals surface area contributed by atoms with E-state index in [1.54, 1.807) is 11.4 Å². The van der Waals surface area contributed by atoms with Crippen LogP contribution in [0.1, 0.15) is 15.2 Å². The van der Waals surface area contributed by atoms with E-state index in [0.29, 0.717) is 16.1 Å². The quantitative estimate of drug-likeness (QED) is 0.827. The van der Waals surface area contributed by atoms with Gasteiger partial charge in [0.15, 0.2) is 0 Å². The third kappa shape index (κ3) is 3.41. The number of rotatable bonds is 2. The summed E-state index contributed by atoms with van der Waals surface area (Å²) in [4.78, 5) is 12.5. The van der Waals surface area contributed by atoms with E-state index in [2.05, 4.69) is 17.2 Å². The largest absolute Gasteiger partial charge is 0.384 e. The maximum Gasteiger partial charge on any atom is 0.267 e. The monoisotopic (exact) mass is 275 g/mol. The Labute approximate surface area is 113 Å². The minimum Gasteiger partial charge on any atom is -0.384 e. The van der Waals surface area contributed by atoms with Crippen molar-refractivity contribution in [2.24, 2.45) is 0 Å². The zero-order chi connectivity index (χ0) is 13.7. The number of carbonyl (C=O) groups excluding carboxylic acids is 1. The van der Waals surface area contributed by atoms with Crippen molar-refractivity contribution < 1.29 is 14.3 Å². The van der Waals surface area contributed by atoms with Crippen molar-refractivity contribution in [2.45, 2.75) is 0 Å². The first kappa shape index (κ1) is 13.3. The van der Waals surface area contributed by atoms with Crippen LogP contribution in [0, 0.1) is 17.7 Å². The van der Waals surface area contributed by atoms with Gasteiger partial charge in [0.2, 0.25) is 0 Å². The molecule has 2 aromatic rings. The molecule has 1 aromatic carbocycles. The molecule has 0 aliphatic heterocycles. The number of benzene rings is 1. The van der Waals surface area contributed by atoms with Crippen LogP contribution in [0.3, 0.4) is 0 Å². The van der Waals surface area contributed by atoms with Crippen molar-refractivity contribution in [3.05, 3.63) is 52.0 Å². The molecular weight excluding hydrogens is 265 g/mol. The number of anilines is 1. The zero-order valence-electron chi connectivity index (χ0n) is 9.81. The lowest BCUT2D eigenvalue weighted by atomic mass is 10.2. The van der Waals surface area contributed by atoms with Crippen LogP contribution in [-0.2, 0) is 0 Å². The van der Waals surface area contributed by atoms with Crippen LogP contribution >= 0.6 is 11.3 Å². The van der Waals surface area contributed by atoms with Gasteiger partial charge in [-0.25, -0.2) is 4.39 Å². The van der Waals surface area contributed by atoms with E-state index >= 15 is 0 Å². The smallest absolute Gasteiger partial charge is 0.267 e. The van der Waals surface area contributed by atoms with E-state index in [1.165, 1.54) is 35.6 Å². The fourth-order valence-electron chi connectivity index (χ4n) is 1.44. The van der Waals surface area contributed by atoms with Crippen molar-refractivity contribution in [2.75, 3.05) is 11.9 Å². The molecule has 1 heterocycles. The summed E-state index contributed by atoms with van der Waals surface area (Å²) in [5.41, 5.74) is 1.08. The van der Waals surface area contributed by atoms with Crippen LogP contribution in [0.25, 0.3) is 0 Å². The van der Waals surface area contributed by atoms with Gasteiger partial charge >= 0.3 is 0 Å². The molecule has 96 valence electrons. The molecule has 5 heteroatoms. The van der Waals surface area contributed by atoms with Crippen molar-refractivity contribution in [1.82, 2.24) is 0 Å². The van der Waals surface area contributed by atoms with Crippen molar-refractivity contribution >= 4 is 22.9 Å². The first-order valence-corrected chi connectivity index (χ1v) is 6.33. The highest BCUT2D eigenvalue weighted by molar-refractivity contribution is 7.12. The number of carbonyl (C=O) groups is 1. The molecule has 0 saturated carbocycles. The van der Waals surface area contributed by atoms with E-state index in [4.69, 9.17) is 5.11 Å². The summed E-state index contributed by atoms with van der Waals surface area (Å²) in [6.45, 7) is -0.255. The average Bonchev–Trinajstić information content (AvgIpc) is 2.87. The first-order chi connectivity index (χ1) is 9.20. The highest BCUT2D eigenvalue weighted by Gasteiger charge is 2.12. The van der Waals surface area contributed by atoms with Crippen LogP contribution in [0.2, 0.25) is 0 Å². The van der Waals surface area contributed by atoms with E-state index < -0.39 is 0 Å². The summed E-state index contributed by atoms with van der Waals surface area (Å²) in [6.07, 6.45) is 0. The molecule has 0 fully saturated rings. The van der Waals surface area contributed by atoms with Gasteiger partial charge in [0.05, 0.1) is 0 Å². The molecule has 1 aromatic heterocycles. The van der Waals surface area contributed by atoms with Crippen molar-refractivity contribution in [3.63, 3.8) is 0 Å². The second-order valence-electron chi connectivity index (χ2n) is 3.58. The number of aliphatic hydroxyl groups is 1. The molecule has 0 atom stereocenters. The van der Waals surface area contributed by atoms with Crippen LogP contribution in [0.4, 0.5) is 10.1 Å². The minimum absolute atomic E-state index is 0.255. The van der Waals surface area contributed by atoms with Crippen LogP contribution in [-0.4, -0.2) is 17.6 Å². The number of amides is 1. The summed E-state index contributed by atoms with van der Waals surface area (Å²) in [6, 6.07) is 7.24. The van der Waals surface area contributed by atoms with Gasteiger partial charge in [0.25, 0.3) is 5.91 Å². The molecule has 0 aliphatic carbocycles. The van der Waals surface area contributed by atoms with E-state index in [1.807, 2.05) is 0 Å². The standard InChI is InChI=1S/C14H10FNO2S/c15-11-3-5-12(6-4-11)16-14(18)13-10(2-1-8-17)7-9-19-13/h3-7,9,17H,8H2,(H,16,18). The molecule has 0 spiro atoms. The predicted octanol–water partition coefficient (Wildman–Crippen LogP) is 2.48. The molecule has 2 rings (SSSR count). The Bertz CT molecular complexity index is 637. The van der Waals surface area contributed by atoms with Crippen molar-refractivity contribution in [3.8, 4) is 11.8 Å². The van der Waals surface area contributed by atoms with E-state index in [-0.39, 0.29) is 18.3 Å². The lowest BCUT2D eigenvalue weighted by Gasteiger charge is -2.03. The Hall–Kier alpha value is -2.16. The van der Waals surface area contributed by atoms with E-state index in [9.17, 15) is 9.18 Å². The second-order valence-corrected chi connectivity index (χ2v) is 4.50. The maximum absolute atomic E-state index is 12.7. The number of thiophene rings is 1. The van der Waals surface area contributed by atoms with Gasteiger partial charge in [-0.05, 0) is 35.7 Å². The SMILES string of the molecule is O=C(Nc1ccc(F)cc1)c1sccc1C#CCO. The molecule has 1 amide bonds. The van der Waals surface area contributed by atoms with Crippen molar-refractivity contribution in [1.29, 1.82) is 0 Å². The normalized spacial score (nSPS) is 9.58. The summed E-state index contributed by atoms with van der Waals surface area (Å²) >= 11 is 1.26. The predicted molar refractivity (Wildman–Crippen MR) is 72.6 cm³/mol. The number of nitrogens with one attached hydrogen (secondary N) is 1. The molecule has 0 aliphatic rings. The highest BCUT2D eigenvalue weighted by Crippen LogP contribution is 2.18. The van der Waals surface area contributed by atoms with Crippen LogP contribution in [0.5, 0.6) is 0 Å². The first-order valence-electron chi connectivity index (χ1n) is 5.45.